The van der Waals surface area contributed by atoms with Crippen molar-refractivity contribution in [2.24, 2.45) is 4.99 Å². The third kappa shape index (κ3) is 4.78. The summed E-state index contributed by atoms with van der Waals surface area (Å²) in [6, 6.07) is 0.549. The summed E-state index contributed by atoms with van der Waals surface area (Å²) < 4.78 is 0. The number of aliphatic imine (C=N–C) groups is 1. The molecule has 0 amide bonds. The van der Waals surface area contributed by atoms with Crippen molar-refractivity contribution in [3.05, 3.63) is 0 Å². The van der Waals surface area contributed by atoms with Crippen molar-refractivity contribution in [1.82, 2.24) is 10.6 Å². The van der Waals surface area contributed by atoms with Crippen LogP contribution in [0.3, 0.4) is 0 Å². The van der Waals surface area contributed by atoms with Gasteiger partial charge in [-0.25, -0.2) is 0 Å². The van der Waals surface area contributed by atoms with Gasteiger partial charge in [0.05, 0.1) is 12.1 Å². The van der Waals surface area contributed by atoms with Crippen LogP contribution >= 0.6 is 11.8 Å². The lowest BCUT2D eigenvalue weighted by Gasteiger charge is -2.44. The van der Waals surface area contributed by atoms with E-state index in [4.69, 9.17) is 0 Å². The Bertz CT molecular complexity index is 344. The second-order valence-corrected chi connectivity index (χ2v) is 7.74. The molecule has 2 aliphatic rings. The lowest BCUT2D eigenvalue weighted by atomic mass is 9.79. The van der Waals surface area contributed by atoms with E-state index in [0.29, 0.717) is 17.8 Å². The van der Waals surface area contributed by atoms with Gasteiger partial charge >= 0.3 is 0 Å². The Labute approximate surface area is 133 Å². The molecule has 21 heavy (non-hydrogen) atoms. The summed E-state index contributed by atoms with van der Waals surface area (Å²) in [4.78, 5) is 4.66. The number of thioether (sulfide) groups is 1. The molecule has 122 valence electrons. The first-order valence-electron chi connectivity index (χ1n) is 8.56. The molecule has 0 aromatic rings. The molecule has 2 saturated carbocycles. The molecular formula is C16H31N3OS. The van der Waals surface area contributed by atoms with E-state index < -0.39 is 5.60 Å². The quantitative estimate of drug-likeness (QED) is 0.521. The first kappa shape index (κ1) is 16.9. The summed E-state index contributed by atoms with van der Waals surface area (Å²) in [6.45, 7) is 5.63. The van der Waals surface area contributed by atoms with Gasteiger partial charge in [-0.1, -0.05) is 26.2 Å². The van der Waals surface area contributed by atoms with Crippen molar-refractivity contribution in [3.63, 3.8) is 0 Å². The Morgan fingerprint density at radius 3 is 2.57 bits per heavy atom. The van der Waals surface area contributed by atoms with Gasteiger partial charge in [-0.05, 0) is 38.4 Å². The largest absolute Gasteiger partial charge is 0.387 e. The molecule has 2 fully saturated rings. The van der Waals surface area contributed by atoms with Gasteiger partial charge in [0.15, 0.2) is 5.96 Å². The van der Waals surface area contributed by atoms with Crippen LogP contribution in [0.4, 0.5) is 0 Å². The van der Waals surface area contributed by atoms with Gasteiger partial charge in [0.25, 0.3) is 0 Å². The van der Waals surface area contributed by atoms with Crippen LogP contribution in [0.25, 0.3) is 0 Å². The highest BCUT2D eigenvalue weighted by molar-refractivity contribution is 8.00. The molecule has 2 atom stereocenters. The summed E-state index contributed by atoms with van der Waals surface area (Å²) >= 11 is 1.87. The third-order valence-corrected chi connectivity index (χ3v) is 6.02. The van der Waals surface area contributed by atoms with Crippen LogP contribution in [-0.4, -0.2) is 46.8 Å². The highest BCUT2D eigenvalue weighted by atomic mass is 32.2. The molecule has 0 radical (unpaired) electrons. The van der Waals surface area contributed by atoms with Gasteiger partial charge in [0, 0.05) is 17.8 Å². The van der Waals surface area contributed by atoms with E-state index in [2.05, 4.69) is 29.5 Å². The molecule has 2 unspecified atom stereocenters. The fraction of sp³-hybridized carbons (Fsp3) is 0.938. The lowest BCUT2D eigenvalue weighted by molar-refractivity contribution is -0.0154. The van der Waals surface area contributed by atoms with Crippen molar-refractivity contribution in [1.29, 1.82) is 0 Å². The number of guanidine groups is 1. The second-order valence-electron chi connectivity index (χ2n) is 6.26. The maximum atomic E-state index is 10.6. The maximum Gasteiger partial charge on any atom is 0.191 e. The van der Waals surface area contributed by atoms with Gasteiger partial charge in [0.1, 0.15) is 0 Å². The SMILES string of the molecule is CCNC(=NCC1(O)CCC1SCC)NC1CCCCC1. The Morgan fingerprint density at radius 1 is 1.24 bits per heavy atom. The highest BCUT2D eigenvalue weighted by Gasteiger charge is 2.45. The maximum absolute atomic E-state index is 10.6. The Balaban J connectivity index is 1.87. The number of hydrogen-bond acceptors (Lipinski definition) is 3. The molecule has 3 N–H and O–H groups in total. The van der Waals surface area contributed by atoms with Crippen LogP contribution in [0.1, 0.15) is 58.8 Å². The molecule has 0 spiro atoms. The number of rotatable bonds is 6. The van der Waals surface area contributed by atoms with Gasteiger partial charge in [-0.15, -0.1) is 0 Å². The molecular weight excluding hydrogens is 282 g/mol. The van der Waals surface area contributed by atoms with Crippen LogP contribution < -0.4 is 10.6 Å². The first-order chi connectivity index (χ1) is 10.2. The lowest BCUT2D eigenvalue weighted by Crippen LogP contribution is -2.53. The summed E-state index contributed by atoms with van der Waals surface area (Å²) in [5.41, 5.74) is -0.588. The Kier molecular flexibility index (Phi) is 6.68. The summed E-state index contributed by atoms with van der Waals surface area (Å²) in [7, 11) is 0. The van der Waals surface area contributed by atoms with E-state index in [1.807, 2.05) is 11.8 Å². The zero-order valence-corrected chi connectivity index (χ0v) is 14.3. The second kappa shape index (κ2) is 8.28. The van der Waals surface area contributed by atoms with Crippen molar-refractivity contribution in [2.75, 3.05) is 18.8 Å². The monoisotopic (exact) mass is 313 g/mol. The number of nitrogens with one attached hydrogen (secondary N) is 2. The van der Waals surface area contributed by atoms with E-state index in [-0.39, 0.29) is 0 Å². The molecule has 0 aliphatic heterocycles. The van der Waals surface area contributed by atoms with Crippen molar-refractivity contribution >= 4 is 17.7 Å². The van der Waals surface area contributed by atoms with Gasteiger partial charge in [-0.3, -0.25) is 4.99 Å². The summed E-state index contributed by atoms with van der Waals surface area (Å²) in [5, 5.41) is 17.9. The van der Waals surface area contributed by atoms with Crippen LogP contribution in [0.2, 0.25) is 0 Å². The van der Waals surface area contributed by atoms with E-state index in [1.54, 1.807) is 0 Å². The first-order valence-corrected chi connectivity index (χ1v) is 9.61. The highest BCUT2D eigenvalue weighted by Crippen LogP contribution is 2.41. The molecule has 0 aromatic carbocycles. The van der Waals surface area contributed by atoms with E-state index in [0.717, 1.165) is 31.1 Å². The molecule has 2 aliphatic carbocycles. The topological polar surface area (TPSA) is 56.7 Å². The minimum Gasteiger partial charge on any atom is -0.387 e. The molecule has 5 heteroatoms. The molecule has 0 bridgehead atoms. The van der Waals surface area contributed by atoms with Gasteiger partial charge in [-0.2, -0.15) is 11.8 Å². The minimum absolute atomic E-state index is 0.365. The predicted octanol–water partition coefficient (Wildman–Crippen LogP) is 2.52. The normalized spacial score (nSPS) is 30.8. The van der Waals surface area contributed by atoms with Crippen molar-refractivity contribution in [2.45, 2.75) is 75.7 Å². The Hall–Kier alpha value is -0.420. The van der Waals surface area contributed by atoms with Crippen molar-refractivity contribution in [3.8, 4) is 0 Å². The third-order valence-electron chi connectivity index (χ3n) is 4.61. The number of aliphatic hydroxyl groups is 1. The van der Waals surface area contributed by atoms with E-state index in [9.17, 15) is 5.11 Å². The molecule has 0 saturated heterocycles. The molecule has 2 rings (SSSR count). The fourth-order valence-corrected chi connectivity index (χ4v) is 4.38. The molecule has 0 heterocycles. The van der Waals surface area contributed by atoms with Crippen LogP contribution in [-0.2, 0) is 0 Å². The smallest absolute Gasteiger partial charge is 0.191 e. The molecule has 0 aromatic heterocycles. The van der Waals surface area contributed by atoms with Crippen molar-refractivity contribution < 1.29 is 5.11 Å². The van der Waals surface area contributed by atoms with Crippen LogP contribution in [0.15, 0.2) is 4.99 Å². The predicted molar refractivity (Wildman–Crippen MR) is 92.1 cm³/mol. The van der Waals surface area contributed by atoms with Crippen LogP contribution in [0.5, 0.6) is 0 Å². The minimum atomic E-state index is -0.588. The fourth-order valence-electron chi connectivity index (χ4n) is 3.19. The van der Waals surface area contributed by atoms with Gasteiger partial charge in [0.2, 0.25) is 0 Å². The zero-order chi connectivity index (χ0) is 15.1. The standard InChI is InChI=1S/C16H31N3OS/c1-3-17-15(19-13-8-6-5-7-9-13)18-12-16(20)11-10-14(16)21-4-2/h13-14,20H,3-12H2,1-2H3,(H2,17,18,19). The average Bonchev–Trinajstić information content (AvgIpc) is 2.50. The number of nitrogens with zero attached hydrogens (tertiary/aromatic N) is 1. The van der Waals surface area contributed by atoms with E-state index >= 15 is 0 Å². The van der Waals surface area contributed by atoms with Crippen LogP contribution in [0, 0.1) is 0 Å². The summed E-state index contributed by atoms with van der Waals surface area (Å²) in [6.07, 6.45) is 8.48. The molecule has 4 nitrogen and oxygen atoms in total. The average molecular weight is 314 g/mol. The van der Waals surface area contributed by atoms with E-state index in [1.165, 1.54) is 32.1 Å². The number of hydrogen-bond donors (Lipinski definition) is 3. The Morgan fingerprint density at radius 2 is 2.00 bits per heavy atom. The van der Waals surface area contributed by atoms with Gasteiger partial charge < -0.3 is 15.7 Å². The zero-order valence-electron chi connectivity index (χ0n) is 13.5. The summed E-state index contributed by atoms with van der Waals surface area (Å²) in [5.74, 6) is 1.95.